The first kappa shape index (κ1) is 18.0. The summed E-state index contributed by atoms with van der Waals surface area (Å²) in [5.74, 6) is -1.77. The number of ether oxygens (including phenoxy) is 1. The zero-order chi connectivity index (χ0) is 19.0. The molecule has 7 heteroatoms. The van der Waals surface area contributed by atoms with E-state index in [9.17, 15) is 8.78 Å². The van der Waals surface area contributed by atoms with Gasteiger partial charge in [0.05, 0.1) is 18.3 Å². The van der Waals surface area contributed by atoms with E-state index in [1.54, 1.807) is 7.11 Å². The number of benzene rings is 1. The quantitative estimate of drug-likeness (QED) is 0.770. The Labute approximate surface area is 153 Å². The molecule has 142 valence electrons. The molecule has 0 aromatic heterocycles. The van der Waals surface area contributed by atoms with Crippen LogP contribution in [0.4, 0.5) is 14.5 Å². The van der Waals surface area contributed by atoms with Crippen molar-refractivity contribution >= 4 is 18.3 Å². The monoisotopic (exact) mass is 365 g/mol. The van der Waals surface area contributed by atoms with E-state index in [2.05, 4.69) is 4.90 Å². The summed E-state index contributed by atoms with van der Waals surface area (Å²) in [5, 5.41) is 0. The predicted molar refractivity (Wildman–Crippen MR) is 97.5 cm³/mol. The third-order valence-corrected chi connectivity index (χ3v) is 6.41. The van der Waals surface area contributed by atoms with E-state index in [-0.39, 0.29) is 18.3 Å². The fourth-order valence-electron chi connectivity index (χ4n) is 4.28. The molecule has 1 aromatic carbocycles. The lowest BCUT2D eigenvalue weighted by Gasteiger charge is -2.59. The zero-order valence-electron chi connectivity index (χ0n) is 16.1. The summed E-state index contributed by atoms with van der Waals surface area (Å²) in [6.45, 7) is 9.43. The highest BCUT2D eigenvalue weighted by Gasteiger charge is 2.61. The highest BCUT2D eigenvalue weighted by atomic mass is 19.3. The van der Waals surface area contributed by atoms with E-state index >= 15 is 0 Å². The largest absolute Gasteiger partial charge is 0.498 e. The Morgan fingerprint density at radius 2 is 1.62 bits per heavy atom. The van der Waals surface area contributed by atoms with Crippen LogP contribution < -0.4 is 15.1 Å². The van der Waals surface area contributed by atoms with Gasteiger partial charge in [0.2, 0.25) is 5.92 Å². The van der Waals surface area contributed by atoms with Gasteiger partial charge in [-0.1, -0.05) is 6.07 Å². The van der Waals surface area contributed by atoms with Gasteiger partial charge in [-0.25, -0.2) is 8.78 Å². The first-order chi connectivity index (χ1) is 12.0. The summed E-state index contributed by atoms with van der Waals surface area (Å²) in [4.78, 5) is 2.13. The molecule has 0 radical (unpaired) electrons. The van der Waals surface area contributed by atoms with Gasteiger partial charge in [-0.2, -0.15) is 0 Å². The first-order valence-electron chi connectivity index (χ1n) is 9.12. The minimum atomic E-state index is -2.47. The van der Waals surface area contributed by atoms with E-state index < -0.39 is 24.2 Å². The second kappa shape index (κ2) is 5.35. The molecule has 1 saturated carbocycles. The van der Waals surface area contributed by atoms with Gasteiger partial charge in [-0.05, 0) is 33.8 Å². The molecule has 2 aliphatic heterocycles. The van der Waals surface area contributed by atoms with E-state index in [0.29, 0.717) is 18.8 Å². The molecule has 3 fully saturated rings. The molecule has 0 unspecified atom stereocenters. The number of nitrogens with zero attached hydrogens (tertiary/aromatic N) is 1. The molecular formula is C19H26BF2NO3. The van der Waals surface area contributed by atoms with Crippen molar-refractivity contribution in [2.75, 3.05) is 25.1 Å². The molecule has 0 bridgehead atoms. The molecule has 3 aliphatic rings. The Morgan fingerprint density at radius 1 is 1.04 bits per heavy atom. The van der Waals surface area contributed by atoms with Crippen LogP contribution >= 0.6 is 0 Å². The first-order valence-corrected chi connectivity index (χ1v) is 9.12. The van der Waals surface area contributed by atoms with Gasteiger partial charge < -0.3 is 18.9 Å². The Bertz CT molecular complexity index is 705. The van der Waals surface area contributed by atoms with Crippen molar-refractivity contribution < 1.29 is 22.8 Å². The summed E-state index contributed by atoms with van der Waals surface area (Å²) in [6, 6.07) is 5.90. The van der Waals surface area contributed by atoms with Crippen LogP contribution in [0, 0.1) is 5.41 Å². The van der Waals surface area contributed by atoms with E-state index in [1.165, 1.54) is 0 Å². The number of hydrogen-bond donors (Lipinski definition) is 0. The Kier molecular flexibility index (Phi) is 3.71. The fourth-order valence-corrected chi connectivity index (χ4v) is 4.28. The summed E-state index contributed by atoms with van der Waals surface area (Å²) >= 11 is 0. The second-order valence-electron chi connectivity index (χ2n) is 9.08. The maximum absolute atomic E-state index is 13.2. The van der Waals surface area contributed by atoms with Crippen LogP contribution in [0.1, 0.15) is 40.5 Å². The Hall–Kier alpha value is -1.34. The maximum Gasteiger partial charge on any atom is 0.498 e. The van der Waals surface area contributed by atoms with Crippen LogP contribution in [0.25, 0.3) is 0 Å². The van der Waals surface area contributed by atoms with Crippen molar-refractivity contribution in [3.8, 4) is 5.75 Å². The molecule has 4 nitrogen and oxygen atoms in total. The lowest BCUT2D eigenvalue weighted by molar-refractivity contribution is -0.170. The third-order valence-electron chi connectivity index (χ3n) is 6.41. The number of rotatable bonds is 3. The molecule has 0 N–H and O–H groups in total. The number of alkyl halides is 2. The van der Waals surface area contributed by atoms with Crippen molar-refractivity contribution in [2.24, 2.45) is 5.41 Å². The molecule has 0 amide bonds. The number of methoxy groups -OCH3 is 1. The van der Waals surface area contributed by atoms with Gasteiger partial charge in [0.25, 0.3) is 0 Å². The number of anilines is 1. The van der Waals surface area contributed by atoms with E-state index in [4.69, 9.17) is 14.0 Å². The fraction of sp³-hybridized carbons (Fsp3) is 0.684. The highest BCUT2D eigenvalue weighted by Crippen LogP contribution is 2.57. The summed E-state index contributed by atoms with van der Waals surface area (Å²) in [7, 11) is 1.13. The highest BCUT2D eigenvalue weighted by molar-refractivity contribution is 6.63. The Morgan fingerprint density at radius 3 is 2.12 bits per heavy atom. The van der Waals surface area contributed by atoms with Crippen LogP contribution in [-0.4, -0.2) is 44.4 Å². The van der Waals surface area contributed by atoms with Crippen molar-refractivity contribution in [1.82, 2.24) is 0 Å². The summed E-state index contributed by atoms with van der Waals surface area (Å²) in [6.07, 6.45) is 0.0271. The molecule has 4 rings (SSSR count). The molecule has 2 heterocycles. The second-order valence-corrected chi connectivity index (χ2v) is 9.08. The van der Waals surface area contributed by atoms with Gasteiger partial charge in [0.1, 0.15) is 5.75 Å². The number of halogens is 2. The molecule has 26 heavy (non-hydrogen) atoms. The molecule has 1 aromatic rings. The summed E-state index contributed by atoms with van der Waals surface area (Å²) in [5.41, 5.74) is 0.811. The van der Waals surface area contributed by atoms with Crippen LogP contribution in [0.5, 0.6) is 5.75 Å². The van der Waals surface area contributed by atoms with E-state index in [0.717, 1.165) is 11.2 Å². The van der Waals surface area contributed by atoms with Gasteiger partial charge in [0, 0.05) is 48.6 Å². The van der Waals surface area contributed by atoms with Crippen molar-refractivity contribution in [2.45, 2.75) is 57.7 Å². The number of hydrogen-bond acceptors (Lipinski definition) is 4. The topological polar surface area (TPSA) is 30.9 Å². The smallest absolute Gasteiger partial charge is 0.497 e. The standard InChI is InChI=1S/C19H26BF2NO3/c1-16(2)17(3,4)26-20(25-16)14-7-6-13(8-15(14)24-5)23-11-18(12-23)9-19(21,22)10-18/h6-8H,9-12H2,1-5H3. The van der Waals surface area contributed by atoms with Crippen molar-refractivity contribution in [3.05, 3.63) is 18.2 Å². The normalized spacial score (nSPS) is 27.2. The van der Waals surface area contributed by atoms with Gasteiger partial charge >= 0.3 is 7.12 Å². The average Bonchev–Trinajstić information content (AvgIpc) is 2.69. The van der Waals surface area contributed by atoms with Gasteiger partial charge in [-0.15, -0.1) is 0 Å². The Balaban J connectivity index is 1.50. The van der Waals surface area contributed by atoms with Gasteiger partial charge in [-0.3, -0.25) is 0 Å². The maximum atomic E-state index is 13.2. The van der Waals surface area contributed by atoms with Crippen LogP contribution in [0.3, 0.4) is 0 Å². The molecule has 1 spiro atoms. The lowest BCUT2D eigenvalue weighted by atomic mass is 9.61. The zero-order valence-corrected chi connectivity index (χ0v) is 16.1. The lowest BCUT2D eigenvalue weighted by Crippen LogP contribution is -2.66. The van der Waals surface area contributed by atoms with Crippen molar-refractivity contribution in [3.63, 3.8) is 0 Å². The van der Waals surface area contributed by atoms with Crippen molar-refractivity contribution in [1.29, 1.82) is 0 Å². The average molecular weight is 365 g/mol. The van der Waals surface area contributed by atoms with Crippen LogP contribution in [0.2, 0.25) is 0 Å². The molecular weight excluding hydrogens is 339 g/mol. The van der Waals surface area contributed by atoms with E-state index in [1.807, 2.05) is 45.9 Å². The van der Waals surface area contributed by atoms with Crippen LogP contribution in [-0.2, 0) is 9.31 Å². The van der Waals surface area contributed by atoms with Crippen LogP contribution in [0.15, 0.2) is 18.2 Å². The summed E-state index contributed by atoms with van der Waals surface area (Å²) < 4.78 is 44.2. The minimum absolute atomic E-state index is 0.0135. The molecule has 0 atom stereocenters. The van der Waals surface area contributed by atoms with Gasteiger partial charge in [0.15, 0.2) is 0 Å². The SMILES string of the molecule is COc1cc(N2CC3(C2)CC(F)(F)C3)ccc1B1OC(C)(C)C(C)(C)O1. The minimum Gasteiger partial charge on any atom is -0.497 e. The predicted octanol–water partition coefficient (Wildman–Crippen LogP) is 3.23. The molecule has 1 aliphatic carbocycles. The molecule has 2 saturated heterocycles. The third kappa shape index (κ3) is 2.71.